The van der Waals surface area contributed by atoms with Gasteiger partial charge in [0.25, 0.3) is 5.91 Å². The summed E-state index contributed by atoms with van der Waals surface area (Å²) in [7, 11) is 1.56. The maximum atomic E-state index is 14.1. The molecule has 3 aromatic carbocycles. The fourth-order valence-electron chi connectivity index (χ4n) is 3.98. The van der Waals surface area contributed by atoms with Gasteiger partial charge in [-0.2, -0.15) is 0 Å². The normalized spacial score (nSPS) is 16.2. The van der Waals surface area contributed by atoms with Crippen molar-refractivity contribution in [2.45, 2.75) is 6.42 Å². The van der Waals surface area contributed by atoms with E-state index in [0.717, 1.165) is 11.1 Å². The van der Waals surface area contributed by atoms with Crippen molar-refractivity contribution >= 4 is 11.8 Å². The van der Waals surface area contributed by atoms with E-state index >= 15 is 0 Å². The quantitative estimate of drug-likeness (QED) is 0.665. The molecule has 1 N–H and O–H groups in total. The molecule has 0 saturated carbocycles. The molecule has 1 saturated heterocycles. The number of benzene rings is 3. The molecule has 1 atom stereocenters. The van der Waals surface area contributed by atoms with Crippen molar-refractivity contribution in [1.29, 1.82) is 0 Å². The molecule has 6 heteroatoms. The number of nitrogens with zero attached hydrogens (tertiary/aromatic N) is 1. The summed E-state index contributed by atoms with van der Waals surface area (Å²) in [5, 5.41) is 2.91. The van der Waals surface area contributed by atoms with Gasteiger partial charge in [0.15, 0.2) is 0 Å². The molecule has 164 valence electrons. The molecule has 3 aromatic rings. The lowest BCUT2D eigenvalue weighted by molar-refractivity contribution is -0.124. The van der Waals surface area contributed by atoms with Crippen LogP contribution in [0.15, 0.2) is 72.8 Å². The Balaban J connectivity index is 1.49. The topological polar surface area (TPSA) is 58.6 Å². The number of halogens is 1. The van der Waals surface area contributed by atoms with E-state index in [-0.39, 0.29) is 23.5 Å². The summed E-state index contributed by atoms with van der Waals surface area (Å²) in [6, 6.07) is 21.2. The number of methoxy groups -OCH3 is 1. The number of hydrogen-bond acceptors (Lipinski definition) is 3. The fraction of sp³-hybridized carbons (Fsp3) is 0.231. The Bertz CT molecular complexity index is 1110. The van der Waals surface area contributed by atoms with Gasteiger partial charge in [0, 0.05) is 30.8 Å². The van der Waals surface area contributed by atoms with Crippen LogP contribution in [0.5, 0.6) is 5.75 Å². The number of carbonyl (C=O) groups excluding carboxylic acids is 2. The summed E-state index contributed by atoms with van der Waals surface area (Å²) in [6.45, 7) is 1.19. The summed E-state index contributed by atoms with van der Waals surface area (Å²) < 4.78 is 19.3. The summed E-state index contributed by atoms with van der Waals surface area (Å²) >= 11 is 0. The number of rotatable bonds is 5. The van der Waals surface area contributed by atoms with Gasteiger partial charge < -0.3 is 15.0 Å². The number of ether oxygens (including phenoxy) is 1. The van der Waals surface area contributed by atoms with Crippen molar-refractivity contribution in [3.8, 4) is 16.9 Å². The molecule has 1 fully saturated rings. The van der Waals surface area contributed by atoms with E-state index in [9.17, 15) is 14.0 Å². The second kappa shape index (κ2) is 9.64. The van der Waals surface area contributed by atoms with Gasteiger partial charge in [0.2, 0.25) is 5.91 Å². The molecule has 1 aliphatic rings. The highest BCUT2D eigenvalue weighted by atomic mass is 19.1. The minimum absolute atomic E-state index is 0.0656. The van der Waals surface area contributed by atoms with E-state index in [1.54, 1.807) is 54.5 Å². The van der Waals surface area contributed by atoms with E-state index < -0.39 is 0 Å². The van der Waals surface area contributed by atoms with E-state index in [2.05, 4.69) is 5.32 Å². The van der Waals surface area contributed by atoms with Crippen LogP contribution < -0.4 is 10.1 Å². The smallest absolute Gasteiger partial charge is 0.254 e. The van der Waals surface area contributed by atoms with Crippen LogP contribution in [-0.2, 0) is 11.2 Å². The molecule has 1 heterocycles. The Hall–Kier alpha value is -3.67. The van der Waals surface area contributed by atoms with Crippen LogP contribution in [-0.4, -0.2) is 43.5 Å². The minimum atomic E-state index is -0.369. The van der Waals surface area contributed by atoms with E-state index in [0.29, 0.717) is 42.9 Å². The van der Waals surface area contributed by atoms with Crippen molar-refractivity contribution in [3.05, 3.63) is 89.7 Å². The minimum Gasteiger partial charge on any atom is -0.497 e. The lowest BCUT2D eigenvalue weighted by Gasteiger charge is -2.23. The van der Waals surface area contributed by atoms with Gasteiger partial charge in [-0.25, -0.2) is 4.39 Å². The number of amides is 2. The van der Waals surface area contributed by atoms with E-state index in [1.165, 1.54) is 6.07 Å². The molecule has 0 aromatic heterocycles. The third-order valence-corrected chi connectivity index (χ3v) is 5.72. The van der Waals surface area contributed by atoms with Crippen molar-refractivity contribution < 1.29 is 18.7 Å². The molecule has 2 amide bonds. The molecule has 0 bridgehead atoms. The van der Waals surface area contributed by atoms with Crippen LogP contribution in [0.3, 0.4) is 0 Å². The van der Waals surface area contributed by atoms with Gasteiger partial charge in [-0.05, 0) is 41.8 Å². The van der Waals surface area contributed by atoms with Crippen LogP contribution >= 0.6 is 0 Å². The van der Waals surface area contributed by atoms with Crippen LogP contribution in [0.25, 0.3) is 11.1 Å². The number of hydrogen-bond donors (Lipinski definition) is 1. The third kappa shape index (κ3) is 4.80. The first kappa shape index (κ1) is 21.6. The van der Waals surface area contributed by atoms with Crippen molar-refractivity contribution in [2.75, 3.05) is 26.7 Å². The molecular formula is C26H25FN2O3. The van der Waals surface area contributed by atoms with Crippen molar-refractivity contribution in [3.63, 3.8) is 0 Å². The number of nitrogens with one attached hydrogen (secondary N) is 1. The van der Waals surface area contributed by atoms with Crippen LogP contribution in [0, 0.1) is 11.7 Å². The molecule has 32 heavy (non-hydrogen) atoms. The van der Waals surface area contributed by atoms with Crippen LogP contribution in [0.4, 0.5) is 4.39 Å². The first-order valence-corrected chi connectivity index (χ1v) is 10.6. The van der Waals surface area contributed by atoms with Gasteiger partial charge >= 0.3 is 0 Å². The second-order valence-corrected chi connectivity index (χ2v) is 7.85. The maximum Gasteiger partial charge on any atom is 0.254 e. The first-order chi connectivity index (χ1) is 15.5. The molecular weight excluding hydrogens is 407 g/mol. The molecule has 1 aliphatic heterocycles. The molecule has 0 aliphatic carbocycles. The van der Waals surface area contributed by atoms with Crippen LogP contribution in [0.2, 0.25) is 0 Å². The average Bonchev–Trinajstić information content (AvgIpc) is 3.01. The van der Waals surface area contributed by atoms with Gasteiger partial charge in [-0.1, -0.05) is 48.5 Å². The third-order valence-electron chi connectivity index (χ3n) is 5.72. The highest BCUT2D eigenvalue weighted by molar-refractivity contribution is 5.95. The maximum absolute atomic E-state index is 14.1. The SMILES string of the molecule is COc1cccc(C(=O)N2CCNC(=O)[C@@H](Cc3ccc(-c4ccccc4F)cc3)C2)c1. The standard InChI is InChI=1S/C26H25FN2O3/c1-32-22-6-4-5-20(16-22)26(31)29-14-13-28-25(30)21(17-29)15-18-9-11-19(12-10-18)23-7-2-3-8-24(23)27/h2-12,16,21H,13-15,17H2,1H3,(H,28,30)/t21-/m0/s1. The molecule has 4 rings (SSSR count). The number of carbonyl (C=O) groups is 2. The Morgan fingerprint density at radius 1 is 1.09 bits per heavy atom. The highest BCUT2D eigenvalue weighted by Gasteiger charge is 2.28. The van der Waals surface area contributed by atoms with Gasteiger partial charge in [-0.3, -0.25) is 9.59 Å². The van der Waals surface area contributed by atoms with Gasteiger partial charge in [-0.15, -0.1) is 0 Å². The largest absolute Gasteiger partial charge is 0.497 e. The molecule has 0 unspecified atom stereocenters. The predicted octanol–water partition coefficient (Wildman–Crippen LogP) is 3.93. The summed E-state index contributed by atoms with van der Waals surface area (Å²) in [5.41, 5.74) is 2.82. The Kier molecular flexibility index (Phi) is 6.50. The summed E-state index contributed by atoms with van der Waals surface area (Å²) in [4.78, 5) is 27.4. The lowest BCUT2D eigenvalue weighted by Crippen LogP contribution is -2.37. The highest BCUT2D eigenvalue weighted by Crippen LogP contribution is 2.24. The molecule has 5 nitrogen and oxygen atoms in total. The van der Waals surface area contributed by atoms with E-state index in [4.69, 9.17) is 4.74 Å². The fourth-order valence-corrected chi connectivity index (χ4v) is 3.98. The summed E-state index contributed by atoms with van der Waals surface area (Å²) in [5.74, 6) is -0.211. The Morgan fingerprint density at radius 2 is 1.88 bits per heavy atom. The lowest BCUT2D eigenvalue weighted by atomic mass is 9.95. The summed E-state index contributed by atoms with van der Waals surface area (Å²) in [6.07, 6.45) is 0.491. The molecule has 0 spiro atoms. The monoisotopic (exact) mass is 432 g/mol. The van der Waals surface area contributed by atoms with Gasteiger partial charge in [0.05, 0.1) is 13.0 Å². The zero-order valence-corrected chi connectivity index (χ0v) is 17.9. The first-order valence-electron chi connectivity index (χ1n) is 10.6. The Morgan fingerprint density at radius 3 is 2.62 bits per heavy atom. The Labute approximate surface area is 186 Å². The van der Waals surface area contributed by atoms with Gasteiger partial charge in [0.1, 0.15) is 11.6 Å². The zero-order chi connectivity index (χ0) is 22.5. The predicted molar refractivity (Wildman–Crippen MR) is 121 cm³/mol. The average molecular weight is 432 g/mol. The van der Waals surface area contributed by atoms with Crippen molar-refractivity contribution in [1.82, 2.24) is 10.2 Å². The molecule has 0 radical (unpaired) electrons. The van der Waals surface area contributed by atoms with Crippen LogP contribution in [0.1, 0.15) is 15.9 Å². The van der Waals surface area contributed by atoms with E-state index in [1.807, 2.05) is 24.3 Å². The zero-order valence-electron chi connectivity index (χ0n) is 17.9. The van der Waals surface area contributed by atoms with Crippen molar-refractivity contribution in [2.24, 2.45) is 5.92 Å². The second-order valence-electron chi connectivity index (χ2n) is 7.85.